The fraction of sp³-hybridized carbons (Fsp3) is 0.250. The van der Waals surface area contributed by atoms with Crippen LogP contribution >= 0.6 is 27.3 Å². The Hall–Kier alpha value is -1.30. The van der Waals surface area contributed by atoms with E-state index in [1.807, 2.05) is 12.3 Å². The largest absolute Gasteiger partial charge is 0.308 e. The highest BCUT2D eigenvalue weighted by Gasteiger charge is 2.20. The number of halogens is 1. The molecule has 0 radical (unpaired) electrons. The lowest BCUT2D eigenvalue weighted by Crippen LogP contribution is -2.15. The van der Waals surface area contributed by atoms with Gasteiger partial charge in [0.2, 0.25) is 0 Å². The molecule has 0 amide bonds. The van der Waals surface area contributed by atoms with Gasteiger partial charge in [0, 0.05) is 39.6 Å². The first-order valence-electron chi connectivity index (χ1n) is 7.02. The van der Waals surface area contributed by atoms with E-state index in [9.17, 15) is 0 Å². The minimum atomic E-state index is 0.713. The average Bonchev–Trinajstić information content (AvgIpc) is 3.23. The van der Waals surface area contributed by atoms with Crippen LogP contribution in [-0.4, -0.2) is 16.0 Å². The van der Waals surface area contributed by atoms with Gasteiger partial charge in [-0.05, 0) is 31.0 Å². The van der Waals surface area contributed by atoms with E-state index >= 15 is 0 Å². The van der Waals surface area contributed by atoms with Gasteiger partial charge in [0.05, 0.1) is 11.2 Å². The molecule has 1 aromatic carbocycles. The molecule has 1 aliphatic rings. The first-order valence-corrected chi connectivity index (χ1v) is 8.70. The third-order valence-corrected chi connectivity index (χ3v) is 5.26. The van der Waals surface area contributed by atoms with Crippen LogP contribution in [0.15, 0.2) is 40.3 Å². The number of rotatable bonds is 4. The van der Waals surface area contributed by atoms with Crippen LogP contribution in [0.4, 0.5) is 0 Å². The standard InChI is InChI=1S/C16H14BrN3S/c17-14-6-5-13(15-12(14)2-1-7-18-15)16-20-11(9-21-16)8-19-10-3-4-10/h1-2,5-7,9-10,19H,3-4,8H2. The number of thiazole rings is 1. The summed E-state index contributed by atoms with van der Waals surface area (Å²) in [7, 11) is 0. The predicted octanol–water partition coefficient (Wildman–Crippen LogP) is 4.37. The third kappa shape index (κ3) is 2.73. The lowest BCUT2D eigenvalue weighted by Gasteiger charge is -2.04. The first kappa shape index (κ1) is 13.4. The van der Waals surface area contributed by atoms with Crippen LogP contribution in [0.5, 0.6) is 0 Å². The Bertz CT molecular complexity index is 795. The topological polar surface area (TPSA) is 37.8 Å². The van der Waals surface area contributed by atoms with Gasteiger partial charge in [0.25, 0.3) is 0 Å². The van der Waals surface area contributed by atoms with Gasteiger partial charge in [0.15, 0.2) is 0 Å². The van der Waals surface area contributed by atoms with Crippen molar-refractivity contribution < 1.29 is 0 Å². The van der Waals surface area contributed by atoms with Gasteiger partial charge in [0.1, 0.15) is 5.01 Å². The summed E-state index contributed by atoms with van der Waals surface area (Å²) in [6, 6.07) is 8.92. The molecule has 4 rings (SSSR count). The molecule has 0 bridgehead atoms. The molecule has 1 fully saturated rings. The van der Waals surface area contributed by atoms with E-state index in [1.54, 1.807) is 11.3 Å². The minimum absolute atomic E-state index is 0.713. The average molecular weight is 360 g/mol. The molecule has 106 valence electrons. The van der Waals surface area contributed by atoms with Gasteiger partial charge in [-0.3, -0.25) is 4.98 Å². The van der Waals surface area contributed by atoms with Crippen LogP contribution in [0, 0.1) is 0 Å². The lowest BCUT2D eigenvalue weighted by molar-refractivity contribution is 0.678. The first-order chi connectivity index (χ1) is 10.3. The molecule has 1 aliphatic carbocycles. The quantitative estimate of drug-likeness (QED) is 0.751. The van der Waals surface area contributed by atoms with Crippen LogP contribution in [0.1, 0.15) is 18.5 Å². The summed E-state index contributed by atoms with van der Waals surface area (Å²) < 4.78 is 1.07. The maximum Gasteiger partial charge on any atom is 0.125 e. The van der Waals surface area contributed by atoms with Crippen molar-refractivity contribution in [2.24, 2.45) is 0 Å². The van der Waals surface area contributed by atoms with Crippen molar-refractivity contribution in [2.75, 3.05) is 0 Å². The molecule has 2 heterocycles. The molecule has 0 unspecified atom stereocenters. The highest BCUT2D eigenvalue weighted by molar-refractivity contribution is 9.10. The van der Waals surface area contributed by atoms with E-state index in [1.165, 1.54) is 12.8 Å². The van der Waals surface area contributed by atoms with E-state index < -0.39 is 0 Å². The van der Waals surface area contributed by atoms with Crippen molar-refractivity contribution in [3.05, 3.63) is 46.0 Å². The van der Waals surface area contributed by atoms with Crippen LogP contribution in [0.25, 0.3) is 21.5 Å². The molecule has 21 heavy (non-hydrogen) atoms. The number of hydrogen-bond donors (Lipinski definition) is 1. The molecule has 2 aromatic heterocycles. The highest BCUT2D eigenvalue weighted by atomic mass is 79.9. The van der Waals surface area contributed by atoms with Crippen molar-refractivity contribution in [1.82, 2.24) is 15.3 Å². The van der Waals surface area contributed by atoms with Gasteiger partial charge >= 0.3 is 0 Å². The summed E-state index contributed by atoms with van der Waals surface area (Å²) in [6.45, 7) is 0.864. The highest BCUT2D eigenvalue weighted by Crippen LogP contribution is 2.33. The number of nitrogens with zero attached hydrogens (tertiary/aromatic N) is 2. The molecular weight excluding hydrogens is 346 g/mol. The predicted molar refractivity (Wildman–Crippen MR) is 90.4 cm³/mol. The second-order valence-corrected chi connectivity index (χ2v) is 7.01. The lowest BCUT2D eigenvalue weighted by atomic mass is 10.1. The van der Waals surface area contributed by atoms with E-state index in [4.69, 9.17) is 4.98 Å². The molecule has 1 saturated carbocycles. The zero-order chi connectivity index (χ0) is 14.2. The molecule has 0 atom stereocenters. The number of fused-ring (bicyclic) bond motifs is 1. The molecule has 0 spiro atoms. The monoisotopic (exact) mass is 359 g/mol. The van der Waals surface area contributed by atoms with Crippen molar-refractivity contribution >= 4 is 38.2 Å². The number of hydrogen-bond acceptors (Lipinski definition) is 4. The SMILES string of the molecule is Brc1ccc(-c2nc(CNC3CC3)cs2)c2ncccc12. The number of nitrogens with one attached hydrogen (secondary N) is 1. The van der Waals surface area contributed by atoms with E-state index in [0.29, 0.717) is 6.04 Å². The molecule has 0 saturated heterocycles. The molecule has 1 N–H and O–H groups in total. The Morgan fingerprint density at radius 3 is 3.05 bits per heavy atom. The van der Waals surface area contributed by atoms with Gasteiger partial charge in [-0.1, -0.05) is 22.0 Å². The number of aromatic nitrogens is 2. The third-order valence-electron chi connectivity index (χ3n) is 3.65. The smallest absolute Gasteiger partial charge is 0.125 e. The van der Waals surface area contributed by atoms with Crippen LogP contribution in [-0.2, 0) is 6.54 Å². The van der Waals surface area contributed by atoms with Gasteiger partial charge in [-0.15, -0.1) is 11.3 Å². The van der Waals surface area contributed by atoms with Gasteiger partial charge in [-0.2, -0.15) is 0 Å². The Morgan fingerprint density at radius 2 is 2.19 bits per heavy atom. The van der Waals surface area contributed by atoms with E-state index in [-0.39, 0.29) is 0 Å². The Labute approximate surface area is 135 Å². The maximum atomic E-state index is 4.76. The van der Waals surface area contributed by atoms with Crippen LogP contribution in [0.2, 0.25) is 0 Å². The zero-order valence-electron chi connectivity index (χ0n) is 11.3. The maximum absolute atomic E-state index is 4.76. The summed E-state index contributed by atoms with van der Waals surface area (Å²) in [4.78, 5) is 9.29. The Balaban J connectivity index is 1.70. The molecule has 3 aromatic rings. The minimum Gasteiger partial charge on any atom is -0.308 e. The Morgan fingerprint density at radius 1 is 1.29 bits per heavy atom. The van der Waals surface area contributed by atoms with Crippen LogP contribution in [0.3, 0.4) is 0 Å². The number of benzene rings is 1. The van der Waals surface area contributed by atoms with Crippen molar-refractivity contribution in [2.45, 2.75) is 25.4 Å². The summed E-state index contributed by atoms with van der Waals surface area (Å²) in [5, 5.41) is 7.81. The molecule has 0 aliphatic heterocycles. The van der Waals surface area contributed by atoms with Gasteiger partial charge < -0.3 is 5.32 Å². The second kappa shape index (κ2) is 5.48. The number of pyridine rings is 1. The molecule has 3 nitrogen and oxygen atoms in total. The fourth-order valence-electron chi connectivity index (χ4n) is 2.36. The van der Waals surface area contributed by atoms with E-state index in [2.05, 4.69) is 49.8 Å². The summed E-state index contributed by atoms with van der Waals surface area (Å²) in [5.41, 5.74) is 3.23. The van der Waals surface area contributed by atoms with Crippen LogP contribution < -0.4 is 5.32 Å². The summed E-state index contributed by atoms with van der Waals surface area (Å²) in [6.07, 6.45) is 4.44. The van der Waals surface area contributed by atoms with Crippen molar-refractivity contribution in [3.63, 3.8) is 0 Å². The molecular formula is C16H14BrN3S. The van der Waals surface area contributed by atoms with Crippen molar-refractivity contribution in [1.29, 1.82) is 0 Å². The summed E-state index contributed by atoms with van der Waals surface area (Å²) in [5.74, 6) is 0. The second-order valence-electron chi connectivity index (χ2n) is 5.29. The summed E-state index contributed by atoms with van der Waals surface area (Å²) >= 11 is 5.28. The zero-order valence-corrected chi connectivity index (χ0v) is 13.7. The van der Waals surface area contributed by atoms with Gasteiger partial charge in [-0.25, -0.2) is 4.98 Å². The Kier molecular flexibility index (Phi) is 3.49. The van der Waals surface area contributed by atoms with Crippen molar-refractivity contribution in [3.8, 4) is 10.6 Å². The fourth-order valence-corrected chi connectivity index (χ4v) is 3.66. The molecule has 5 heteroatoms. The van der Waals surface area contributed by atoms with E-state index in [0.717, 1.165) is 38.2 Å². The normalized spacial score (nSPS) is 14.7.